The topological polar surface area (TPSA) is 55.8 Å². The summed E-state index contributed by atoms with van der Waals surface area (Å²) >= 11 is 0. The van der Waals surface area contributed by atoms with Gasteiger partial charge in [-0.3, -0.25) is 9.59 Å². The van der Waals surface area contributed by atoms with Crippen molar-refractivity contribution in [2.24, 2.45) is 0 Å². The second-order valence-electron chi connectivity index (χ2n) is 4.70. The molecule has 0 radical (unpaired) electrons. The van der Waals surface area contributed by atoms with E-state index in [0.717, 1.165) is 19.3 Å². The van der Waals surface area contributed by atoms with Gasteiger partial charge in [0.2, 0.25) is 5.91 Å². The second kappa shape index (κ2) is 8.15. The van der Waals surface area contributed by atoms with Gasteiger partial charge in [-0.1, -0.05) is 13.3 Å². The summed E-state index contributed by atoms with van der Waals surface area (Å²) in [5.74, 6) is -0.155. The highest BCUT2D eigenvalue weighted by atomic mass is 16.5. The Morgan fingerprint density at radius 1 is 1.37 bits per heavy atom. The SMILES string of the molecule is CCC[C@@H](CC(=O)OCC)N1C(=O)CCC1OCC. The molecule has 2 atom stereocenters. The first kappa shape index (κ1) is 16.0. The normalized spacial score (nSPS) is 20.7. The lowest BCUT2D eigenvalue weighted by Crippen LogP contribution is -2.44. The zero-order chi connectivity index (χ0) is 14.3. The second-order valence-corrected chi connectivity index (χ2v) is 4.70. The number of hydrogen-bond donors (Lipinski definition) is 0. The van der Waals surface area contributed by atoms with Crippen LogP contribution < -0.4 is 0 Å². The van der Waals surface area contributed by atoms with Gasteiger partial charge in [-0.15, -0.1) is 0 Å². The summed E-state index contributed by atoms with van der Waals surface area (Å²) in [4.78, 5) is 25.4. The first-order chi connectivity index (χ1) is 9.13. The fourth-order valence-corrected chi connectivity index (χ4v) is 2.56. The van der Waals surface area contributed by atoms with Crippen LogP contribution >= 0.6 is 0 Å². The summed E-state index contributed by atoms with van der Waals surface area (Å²) in [6, 6.07) is -0.101. The third-order valence-corrected chi connectivity index (χ3v) is 3.29. The molecule has 110 valence electrons. The largest absolute Gasteiger partial charge is 0.466 e. The average Bonchev–Trinajstić information content (AvgIpc) is 2.71. The maximum Gasteiger partial charge on any atom is 0.307 e. The summed E-state index contributed by atoms with van der Waals surface area (Å²) < 4.78 is 10.6. The van der Waals surface area contributed by atoms with Gasteiger partial charge in [0.25, 0.3) is 0 Å². The molecule has 5 heteroatoms. The van der Waals surface area contributed by atoms with Gasteiger partial charge in [-0.2, -0.15) is 0 Å². The molecule has 0 bridgehead atoms. The molecule has 1 heterocycles. The standard InChI is InChI=1S/C14H25NO4/c1-4-7-11(10-14(17)19-6-3)15-12(16)8-9-13(15)18-5-2/h11,13H,4-10H2,1-3H3/t11-,13?/m0/s1. The van der Waals surface area contributed by atoms with Gasteiger partial charge in [-0.05, 0) is 20.3 Å². The molecule has 0 spiro atoms. The van der Waals surface area contributed by atoms with Crippen LogP contribution in [0.4, 0.5) is 0 Å². The van der Waals surface area contributed by atoms with E-state index in [-0.39, 0.29) is 30.6 Å². The summed E-state index contributed by atoms with van der Waals surface area (Å²) in [5, 5.41) is 0. The fourth-order valence-electron chi connectivity index (χ4n) is 2.56. The molecule has 1 rings (SSSR count). The van der Waals surface area contributed by atoms with Crippen LogP contribution in [0.5, 0.6) is 0 Å². The molecule has 0 saturated carbocycles. The Balaban J connectivity index is 2.71. The predicted molar refractivity (Wildman–Crippen MR) is 71.4 cm³/mol. The van der Waals surface area contributed by atoms with E-state index in [1.165, 1.54) is 0 Å². The molecule has 1 fully saturated rings. The lowest BCUT2D eigenvalue weighted by atomic mass is 10.1. The molecule has 5 nitrogen and oxygen atoms in total. The monoisotopic (exact) mass is 271 g/mol. The highest BCUT2D eigenvalue weighted by Gasteiger charge is 2.37. The van der Waals surface area contributed by atoms with E-state index >= 15 is 0 Å². The van der Waals surface area contributed by atoms with Crippen LogP contribution in [0.3, 0.4) is 0 Å². The third-order valence-electron chi connectivity index (χ3n) is 3.29. The molecule has 0 aromatic heterocycles. The smallest absolute Gasteiger partial charge is 0.307 e. The van der Waals surface area contributed by atoms with Gasteiger partial charge in [0.1, 0.15) is 6.23 Å². The summed E-state index contributed by atoms with van der Waals surface area (Å²) in [6.07, 6.45) is 3.03. The third kappa shape index (κ3) is 4.49. The van der Waals surface area contributed by atoms with E-state index < -0.39 is 0 Å². The molecule has 0 N–H and O–H groups in total. The summed E-state index contributed by atoms with van der Waals surface area (Å²) in [5.41, 5.74) is 0. The van der Waals surface area contributed by atoms with Crippen molar-refractivity contribution in [3.63, 3.8) is 0 Å². The highest BCUT2D eigenvalue weighted by molar-refractivity contribution is 5.80. The molecule has 0 aromatic rings. The average molecular weight is 271 g/mol. The lowest BCUT2D eigenvalue weighted by Gasteiger charge is -2.32. The van der Waals surface area contributed by atoms with E-state index in [9.17, 15) is 9.59 Å². The van der Waals surface area contributed by atoms with Crippen LogP contribution in [-0.4, -0.2) is 42.3 Å². The van der Waals surface area contributed by atoms with Crippen molar-refractivity contribution in [2.45, 2.75) is 65.1 Å². The number of ether oxygens (including phenoxy) is 2. The van der Waals surface area contributed by atoms with Crippen LogP contribution in [0.2, 0.25) is 0 Å². The molecule has 1 amide bonds. The molecule has 1 aliphatic rings. The van der Waals surface area contributed by atoms with E-state index in [1.807, 2.05) is 13.8 Å². The van der Waals surface area contributed by atoms with Crippen LogP contribution in [0.1, 0.15) is 52.9 Å². The van der Waals surface area contributed by atoms with Gasteiger partial charge in [0, 0.05) is 25.5 Å². The van der Waals surface area contributed by atoms with E-state index in [4.69, 9.17) is 9.47 Å². The minimum absolute atomic E-state index is 0.0844. The van der Waals surface area contributed by atoms with Crippen molar-refractivity contribution in [3.05, 3.63) is 0 Å². The van der Waals surface area contributed by atoms with E-state index in [1.54, 1.807) is 11.8 Å². The number of likely N-dealkylation sites (tertiary alicyclic amines) is 1. The Morgan fingerprint density at radius 2 is 2.11 bits per heavy atom. The van der Waals surface area contributed by atoms with Crippen LogP contribution in [-0.2, 0) is 19.1 Å². The molecular formula is C14H25NO4. The Labute approximate surface area is 115 Å². The van der Waals surface area contributed by atoms with Gasteiger partial charge < -0.3 is 14.4 Å². The first-order valence-corrected chi connectivity index (χ1v) is 7.22. The molecule has 1 unspecified atom stereocenters. The Kier molecular flexibility index (Phi) is 6.84. The highest BCUT2D eigenvalue weighted by Crippen LogP contribution is 2.26. The zero-order valence-electron chi connectivity index (χ0n) is 12.2. The zero-order valence-corrected chi connectivity index (χ0v) is 12.2. The lowest BCUT2D eigenvalue weighted by molar-refractivity contribution is -0.149. The van der Waals surface area contributed by atoms with Gasteiger partial charge >= 0.3 is 5.97 Å². The Bertz CT molecular complexity index is 306. The van der Waals surface area contributed by atoms with Crippen molar-refractivity contribution in [3.8, 4) is 0 Å². The number of rotatable bonds is 8. The number of carbonyl (C=O) groups is 2. The molecule has 19 heavy (non-hydrogen) atoms. The molecular weight excluding hydrogens is 246 g/mol. The molecule has 1 saturated heterocycles. The number of esters is 1. The van der Waals surface area contributed by atoms with Gasteiger partial charge in [0.15, 0.2) is 0 Å². The molecule has 0 aliphatic carbocycles. The number of nitrogens with zero attached hydrogens (tertiary/aromatic N) is 1. The molecule has 1 aliphatic heterocycles. The minimum Gasteiger partial charge on any atom is -0.466 e. The van der Waals surface area contributed by atoms with Crippen molar-refractivity contribution in [1.82, 2.24) is 4.90 Å². The predicted octanol–water partition coefficient (Wildman–Crippen LogP) is 2.09. The first-order valence-electron chi connectivity index (χ1n) is 7.22. The van der Waals surface area contributed by atoms with Crippen molar-refractivity contribution in [2.75, 3.05) is 13.2 Å². The molecule has 0 aromatic carbocycles. The van der Waals surface area contributed by atoms with Crippen LogP contribution in [0.25, 0.3) is 0 Å². The quantitative estimate of drug-likeness (QED) is 0.634. The Hall–Kier alpha value is -1.10. The van der Waals surface area contributed by atoms with Gasteiger partial charge in [-0.25, -0.2) is 0 Å². The maximum atomic E-state index is 12.0. The van der Waals surface area contributed by atoms with Crippen molar-refractivity contribution < 1.29 is 19.1 Å². The number of amides is 1. The van der Waals surface area contributed by atoms with Gasteiger partial charge in [0.05, 0.1) is 13.0 Å². The minimum atomic E-state index is -0.240. The maximum absolute atomic E-state index is 12.0. The number of hydrogen-bond acceptors (Lipinski definition) is 4. The summed E-state index contributed by atoms with van der Waals surface area (Å²) in [7, 11) is 0. The van der Waals surface area contributed by atoms with Crippen molar-refractivity contribution >= 4 is 11.9 Å². The fraction of sp³-hybridized carbons (Fsp3) is 0.857. The van der Waals surface area contributed by atoms with Crippen molar-refractivity contribution in [1.29, 1.82) is 0 Å². The number of carbonyl (C=O) groups excluding carboxylic acids is 2. The van der Waals surface area contributed by atoms with E-state index in [0.29, 0.717) is 19.6 Å². The Morgan fingerprint density at radius 3 is 2.68 bits per heavy atom. The summed E-state index contributed by atoms with van der Waals surface area (Å²) in [6.45, 7) is 6.71. The van der Waals surface area contributed by atoms with Crippen LogP contribution in [0.15, 0.2) is 0 Å². The van der Waals surface area contributed by atoms with E-state index in [2.05, 4.69) is 0 Å². The van der Waals surface area contributed by atoms with Crippen LogP contribution in [0, 0.1) is 0 Å².